The molecule has 0 spiro atoms. The van der Waals surface area contributed by atoms with Gasteiger partial charge in [-0.05, 0) is 12.8 Å². The summed E-state index contributed by atoms with van der Waals surface area (Å²) in [5, 5.41) is 0. The zero-order chi connectivity index (χ0) is 12.9. The van der Waals surface area contributed by atoms with Crippen molar-refractivity contribution in [2.45, 2.75) is 18.9 Å². The van der Waals surface area contributed by atoms with Gasteiger partial charge in [-0.15, -0.1) is 13.2 Å². The van der Waals surface area contributed by atoms with Crippen molar-refractivity contribution in [2.24, 2.45) is 0 Å². The van der Waals surface area contributed by atoms with Gasteiger partial charge in [0.25, 0.3) is 0 Å². The lowest BCUT2D eigenvalue weighted by molar-refractivity contribution is -0.144. The zero-order valence-corrected chi connectivity index (χ0v) is 11.2. The Morgan fingerprint density at radius 3 is 2.53 bits per heavy atom. The number of hydrogen-bond donors (Lipinski definition) is 0. The highest BCUT2D eigenvalue weighted by molar-refractivity contribution is 7.62. The average molecular weight is 257 g/mol. The SMILES string of the molecule is C=CCP(=O)(CC=C)N1CCC[C@H]1C(=O)OC. The summed E-state index contributed by atoms with van der Waals surface area (Å²) in [5.74, 6) is -0.296. The van der Waals surface area contributed by atoms with Gasteiger partial charge >= 0.3 is 5.97 Å². The van der Waals surface area contributed by atoms with E-state index in [-0.39, 0.29) is 12.0 Å². The molecule has 0 aromatic rings. The second kappa shape index (κ2) is 6.18. The number of methoxy groups -OCH3 is 1. The van der Waals surface area contributed by atoms with E-state index < -0.39 is 7.29 Å². The van der Waals surface area contributed by atoms with Crippen LogP contribution in [0, 0.1) is 0 Å². The van der Waals surface area contributed by atoms with E-state index in [1.54, 1.807) is 12.2 Å². The molecule has 0 bridgehead atoms. The molecular weight excluding hydrogens is 237 g/mol. The smallest absolute Gasteiger partial charge is 0.323 e. The summed E-state index contributed by atoms with van der Waals surface area (Å²) in [4.78, 5) is 11.6. The summed E-state index contributed by atoms with van der Waals surface area (Å²) in [6, 6.07) is -0.370. The molecule has 17 heavy (non-hydrogen) atoms. The molecule has 1 heterocycles. The van der Waals surface area contributed by atoms with E-state index in [1.165, 1.54) is 7.11 Å². The van der Waals surface area contributed by atoms with Crippen molar-refractivity contribution in [3.05, 3.63) is 25.3 Å². The van der Waals surface area contributed by atoms with Gasteiger partial charge in [0.2, 0.25) is 0 Å². The summed E-state index contributed by atoms with van der Waals surface area (Å²) in [5.41, 5.74) is 0. The van der Waals surface area contributed by atoms with Crippen LogP contribution in [0.4, 0.5) is 0 Å². The Hall–Kier alpha value is -0.860. The predicted octanol–water partition coefficient (Wildman–Crippen LogP) is 2.27. The van der Waals surface area contributed by atoms with Gasteiger partial charge in [-0.25, -0.2) is 4.67 Å². The molecule has 0 aromatic carbocycles. The fourth-order valence-electron chi connectivity index (χ4n) is 2.25. The summed E-state index contributed by atoms with van der Waals surface area (Å²) in [6.45, 7) is 7.96. The van der Waals surface area contributed by atoms with E-state index >= 15 is 0 Å². The third-order valence-electron chi connectivity index (χ3n) is 2.99. The molecule has 1 aliphatic rings. The monoisotopic (exact) mass is 257 g/mol. The number of rotatable bonds is 6. The number of nitrogens with zero attached hydrogens (tertiary/aromatic N) is 1. The fraction of sp³-hybridized carbons (Fsp3) is 0.583. The number of carbonyl (C=O) groups excluding carboxylic acids is 1. The minimum Gasteiger partial charge on any atom is -0.468 e. The van der Waals surface area contributed by atoms with Crippen LogP contribution in [-0.4, -0.2) is 42.7 Å². The van der Waals surface area contributed by atoms with Gasteiger partial charge < -0.3 is 9.30 Å². The Morgan fingerprint density at radius 2 is 2.06 bits per heavy atom. The molecule has 1 aliphatic heterocycles. The zero-order valence-electron chi connectivity index (χ0n) is 10.3. The van der Waals surface area contributed by atoms with Gasteiger partial charge in [0.15, 0.2) is 7.29 Å². The lowest BCUT2D eigenvalue weighted by Crippen LogP contribution is -2.35. The van der Waals surface area contributed by atoms with Gasteiger partial charge in [0.05, 0.1) is 7.11 Å². The highest BCUT2D eigenvalue weighted by Crippen LogP contribution is 2.53. The third kappa shape index (κ3) is 3.08. The van der Waals surface area contributed by atoms with E-state index in [0.717, 1.165) is 6.42 Å². The maximum atomic E-state index is 12.8. The molecule has 0 unspecified atom stereocenters. The minimum atomic E-state index is -2.59. The second-order valence-electron chi connectivity index (χ2n) is 4.13. The maximum Gasteiger partial charge on any atom is 0.323 e. The molecule has 0 saturated carbocycles. The van der Waals surface area contributed by atoms with Crippen LogP contribution >= 0.6 is 7.29 Å². The van der Waals surface area contributed by atoms with Crippen LogP contribution in [0.25, 0.3) is 0 Å². The lowest BCUT2D eigenvalue weighted by atomic mass is 10.2. The van der Waals surface area contributed by atoms with Crippen LogP contribution in [0.2, 0.25) is 0 Å². The van der Waals surface area contributed by atoms with Crippen molar-refractivity contribution < 1.29 is 14.1 Å². The first-order chi connectivity index (χ1) is 8.09. The second-order valence-corrected chi connectivity index (χ2v) is 7.07. The van der Waals surface area contributed by atoms with E-state index in [0.29, 0.717) is 25.3 Å². The van der Waals surface area contributed by atoms with E-state index in [2.05, 4.69) is 13.2 Å². The molecule has 4 nitrogen and oxygen atoms in total. The molecule has 5 heteroatoms. The van der Waals surface area contributed by atoms with Gasteiger partial charge in [0.1, 0.15) is 6.04 Å². The summed E-state index contributed by atoms with van der Waals surface area (Å²) >= 11 is 0. The van der Waals surface area contributed by atoms with Crippen molar-refractivity contribution in [3.8, 4) is 0 Å². The maximum absolute atomic E-state index is 12.8. The number of hydrogen-bond acceptors (Lipinski definition) is 3. The number of allylic oxidation sites excluding steroid dienone is 2. The Morgan fingerprint density at radius 1 is 1.47 bits per heavy atom. The minimum absolute atomic E-state index is 0.296. The van der Waals surface area contributed by atoms with Crippen LogP contribution in [-0.2, 0) is 14.1 Å². The van der Waals surface area contributed by atoms with Crippen molar-refractivity contribution >= 4 is 13.3 Å². The van der Waals surface area contributed by atoms with Crippen LogP contribution in [0.3, 0.4) is 0 Å². The summed E-state index contributed by atoms with van der Waals surface area (Å²) in [6.07, 6.45) is 5.70. The molecule has 0 aromatic heterocycles. The van der Waals surface area contributed by atoms with Crippen molar-refractivity contribution in [2.75, 3.05) is 26.0 Å². The quantitative estimate of drug-likeness (QED) is 0.416. The number of carbonyl (C=O) groups is 1. The Bertz CT molecular complexity index is 340. The van der Waals surface area contributed by atoms with Gasteiger partial charge in [0, 0.05) is 18.9 Å². The van der Waals surface area contributed by atoms with E-state index in [4.69, 9.17) is 4.74 Å². The van der Waals surface area contributed by atoms with Crippen LogP contribution in [0.1, 0.15) is 12.8 Å². The van der Waals surface area contributed by atoms with Gasteiger partial charge in [-0.3, -0.25) is 4.79 Å². The number of esters is 1. The van der Waals surface area contributed by atoms with Gasteiger partial charge in [-0.1, -0.05) is 12.2 Å². The van der Waals surface area contributed by atoms with Crippen LogP contribution in [0.5, 0.6) is 0 Å². The largest absolute Gasteiger partial charge is 0.468 e. The van der Waals surface area contributed by atoms with Crippen molar-refractivity contribution in [1.29, 1.82) is 0 Å². The van der Waals surface area contributed by atoms with Crippen LogP contribution in [0.15, 0.2) is 25.3 Å². The average Bonchev–Trinajstić information content (AvgIpc) is 2.78. The summed E-state index contributed by atoms with van der Waals surface area (Å²) < 4.78 is 19.4. The Balaban J connectivity index is 2.93. The summed E-state index contributed by atoms with van der Waals surface area (Å²) in [7, 11) is -1.23. The predicted molar refractivity (Wildman–Crippen MR) is 69.5 cm³/mol. The molecule has 96 valence electrons. The lowest BCUT2D eigenvalue weighted by Gasteiger charge is -2.30. The van der Waals surface area contributed by atoms with Crippen molar-refractivity contribution in [1.82, 2.24) is 4.67 Å². The van der Waals surface area contributed by atoms with Gasteiger partial charge in [-0.2, -0.15) is 0 Å². The Labute approximate surface area is 103 Å². The molecule has 0 amide bonds. The molecule has 0 N–H and O–H groups in total. The topological polar surface area (TPSA) is 46.6 Å². The fourth-order valence-corrected chi connectivity index (χ4v) is 4.85. The van der Waals surface area contributed by atoms with Crippen LogP contribution < -0.4 is 0 Å². The first-order valence-electron chi connectivity index (χ1n) is 5.74. The molecule has 1 rings (SSSR count). The highest BCUT2D eigenvalue weighted by atomic mass is 31.2. The molecule has 1 atom stereocenters. The number of ether oxygens (including phenoxy) is 1. The third-order valence-corrected chi connectivity index (χ3v) is 6.07. The molecule has 1 fully saturated rings. The van der Waals surface area contributed by atoms with E-state index in [9.17, 15) is 9.36 Å². The Kier molecular flexibility index (Phi) is 5.16. The first kappa shape index (κ1) is 14.2. The molecule has 0 radical (unpaired) electrons. The first-order valence-corrected chi connectivity index (χ1v) is 7.77. The molecule has 1 saturated heterocycles. The molecular formula is C12H20NO3P. The molecule has 0 aliphatic carbocycles. The normalized spacial score (nSPS) is 21.1. The van der Waals surface area contributed by atoms with E-state index in [1.807, 2.05) is 4.67 Å². The standard InChI is InChI=1S/C12H20NO3P/c1-4-9-17(15,10-5-2)13-8-6-7-11(13)12(14)16-3/h4-5,11H,1-2,6-10H2,3H3/t11-/m0/s1. The highest BCUT2D eigenvalue weighted by Gasteiger charge is 2.41. The van der Waals surface area contributed by atoms with Crippen molar-refractivity contribution in [3.63, 3.8) is 0 Å².